The number of amides is 1. The number of anilines is 1. The van der Waals surface area contributed by atoms with E-state index in [0.29, 0.717) is 12.5 Å². The molecule has 4 heteroatoms. The summed E-state index contributed by atoms with van der Waals surface area (Å²) in [5.74, 6) is 0.0967. The van der Waals surface area contributed by atoms with E-state index in [4.69, 9.17) is 0 Å². The summed E-state index contributed by atoms with van der Waals surface area (Å²) < 4.78 is 1.03. The molecule has 1 heterocycles. The topological polar surface area (TPSA) is 41.1 Å². The van der Waals surface area contributed by atoms with Gasteiger partial charge in [0.15, 0.2) is 0 Å². The van der Waals surface area contributed by atoms with Crippen LogP contribution >= 0.6 is 15.9 Å². The molecule has 1 unspecified atom stereocenters. The van der Waals surface area contributed by atoms with Crippen molar-refractivity contribution in [2.45, 2.75) is 38.6 Å². The lowest BCUT2D eigenvalue weighted by Gasteiger charge is -2.10. The second-order valence-corrected chi connectivity index (χ2v) is 5.70. The van der Waals surface area contributed by atoms with E-state index in [1.807, 2.05) is 25.1 Å². The third kappa shape index (κ3) is 3.82. The first-order valence-electron chi connectivity index (χ1n) is 6.44. The van der Waals surface area contributed by atoms with E-state index >= 15 is 0 Å². The van der Waals surface area contributed by atoms with Crippen LogP contribution in [0.5, 0.6) is 0 Å². The van der Waals surface area contributed by atoms with Crippen LogP contribution in [0.2, 0.25) is 0 Å². The molecule has 1 aromatic carbocycles. The minimum absolute atomic E-state index is 0.0967. The molecule has 1 fully saturated rings. The third-order valence-corrected chi connectivity index (χ3v) is 4.19. The summed E-state index contributed by atoms with van der Waals surface area (Å²) in [5.41, 5.74) is 2.03. The Labute approximate surface area is 116 Å². The lowest BCUT2D eigenvalue weighted by molar-refractivity contribution is -0.116. The summed E-state index contributed by atoms with van der Waals surface area (Å²) in [6.07, 6.45) is 3.95. The maximum Gasteiger partial charge on any atom is 0.224 e. The number of hydrogen-bond acceptors (Lipinski definition) is 2. The smallest absolute Gasteiger partial charge is 0.224 e. The van der Waals surface area contributed by atoms with Gasteiger partial charge >= 0.3 is 0 Å². The van der Waals surface area contributed by atoms with E-state index in [-0.39, 0.29) is 5.91 Å². The Morgan fingerprint density at radius 3 is 3.06 bits per heavy atom. The van der Waals surface area contributed by atoms with Crippen LogP contribution in [-0.2, 0) is 4.79 Å². The Balaban J connectivity index is 1.80. The van der Waals surface area contributed by atoms with Gasteiger partial charge in [0.05, 0.1) is 0 Å². The van der Waals surface area contributed by atoms with Crippen molar-refractivity contribution in [1.82, 2.24) is 5.32 Å². The Hall–Kier alpha value is -0.870. The average Bonchev–Trinajstić information content (AvgIpc) is 2.84. The minimum Gasteiger partial charge on any atom is -0.326 e. The Kier molecular flexibility index (Phi) is 4.78. The fourth-order valence-corrected chi connectivity index (χ4v) is 2.58. The standard InChI is InChI=1S/C14H19BrN2O/c1-10-4-5-12(9-13(10)15)17-14(18)7-6-11-3-2-8-16-11/h4-5,9,11,16H,2-3,6-8H2,1H3,(H,17,18). The second kappa shape index (κ2) is 6.34. The molecule has 3 nitrogen and oxygen atoms in total. The maximum atomic E-state index is 11.8. The van der Waals surface area contributed by atoms with Gasteiger partial charge in [-0.1, -0.05) is 22.0 Å². The molecule has 0 radical (unpaired) electrons. The quantitative estimate of drug-likeness (QED) is 0.896. The zero-order valence-corrected chi connectivity index (χ0v) is 12.2. The van der Waals surface area contributed by atoms with Gasteiger partial charge in [-0.15, -0.1) is 0 Å². The zero-order valence-electron chi connectivity index (χ0n) is 10.6. The summed E-state index contributed by atoms with van der Waals surface area (Å²) in [6.45, 7) is 3.12. The van der Waals surface area contributed by atoms with Crippen molar-refractivity contribution in [2.24, 2.45) is 0 Å². The number of hydrogen-bond donors (Lipinski definition) is 2. The molecule has 1 saturated heterocycles. The summed E-state index contributed by atoms with van der Waals surface area (Å²) in [7, 11) is 0. The largest absolute Gasteiger partial charge is 0.326 e. The van der Waals surface area contributed by atoms with Crippen molar-refractivity contribution in [2.75, 3.05) is 11.9 Å². The van der Waals surface area contributed by atoms with Crippen LogP contribution < -0.4 is 10.6 Å². The number of rotatable bonds is 4. The van der Waals surface area contributed by atoms with Crippen LogP contribution in [0.25, 0.3) is 0 Å². The monoisotopic (exact) mass is 310 g/mol. The number of aryl methyl sites for hydroxylation is 1. The van der Waals surface area contributed by atoms with E-state index in [1.54, 1.807) is 0 Å². The molecule has 0 bridgehead atoms. The van der Waals surface area contributed by atoms with Crippen molar-refractivity contribution in [1.29, 1.82) is 0 Å². The number of carbonyl (C=O) groups is 1. The van der Waals surface area contributed by atoms with Crippen LogP contribution in [0.4, 0.5) is 5.69 Å². The van der Waals surface area contributed by atoms with Crippen LogP contribution in [0.3, 0.4) is 0 Å². The number of benzene rings is 1. The number of halogens is 1. The zero-order chi connectivity index (χ0) is 13.0. The van der Waals surface area contributed by atoms with Gasteiger partial charge in [-0.3, -0.25) is 4.79 Å². The number of carbonyl (C=O) groups excluding carboxylic acids is 1. The molecule has 1 amide bonds. The second-order valence-electron chi connectivity index (χ2n) is 4.84. The van der Waals surface area contributed by atoms with E-state index < -0.39 is 0 Å². The molecule has 0 saturated carbocycles. The van der Waals surface area contributed by atoms with Gasteiger partial charge in [-0.25, -0.2) is 0 Å². The van der Waals surface area contributed by atoms with Gasteiger partial charge in [0.2, 0.25) is 5.91 Å². The highest BCUT2D eigenvalue weighted by molar-refractivity contribution is 9.10. The predicted octanol–water partition coefficient (Wildman–Crippen LogP) is 3.23. The fourth-order valence-electron chi connectivity index (χ4n) is 2.20. The van der Waals surface area contributed by atoms with Gasteiger partial charge in [0, 0.05) is 22.6 Å². The molecule has 1 atom stereocenters. The summed E-state index contributed by atoms with van der Waals surface area (Å²) in [5, 5.41) is 6.34. The molecule has 0 aromatic heterocycles. The molecule has 0 aliphatic carbocycles. The summed E-state index contributed by atoms with van der Waals surface area (Å²) in [6, 6.07) is 6.41. The van der Waals surface area contributed by atoms with Gasteiger partial charge < -0.3 is 10.6 Å². The van der Waals surface area contributed by atoms with Gasteiger partial charge in [-0.05, 0) is 50.4 Å². The normalized spacial score (nSPS) is 18.9. The van der Waals surface area contributed by atoms with E-state index in [2.05, 4.69) is 26.6 Å². The lowest BCUT2D eigenvalue weighted by Crippen LogP contribution is -2.23. The first-order chi connectivity index (χ1) is 8.65. The molecule has 1 aliphatic heterocycles. The molecule has 98 valence electrons. The van der Waals surface area contributed by atoms with Crippen molar-refractivity contribution in [3.05, 3.63) is 28.2 Å². The van der Waals surface area contributed by atoms with Gasteiger partial charge in [0.25, 0.3) is 0 Å². The van der Waals surface area contributed by atoms with E-state index in [0.717, 1.165) is 23.1 Å². The lowest BCUT2D eigenvalue weighted by atomic mass is 10.1. The van der Waals surface area contributed by atoms with Gasteiger partial charge in [-0.2, -0.15) is 0 Å². The molecule has 2 N–H and O–H groups in total. The molecular weight excluding hydrogens is 292 g/mol. The van der Waals surface area contributed by atoms with E-state index in [9.17, 15) is 4.79 Å². The summed E-state index contributed by atoms with van der Waals surface area (Å²) >= 11 is 3.47. The average molecular weight is 311 g/mol. The van der Waals surface area contributed by atoms with Gasteiger partial charge in [0.1, 0.15) is 0 Å². The molecule has 18 heavy (non-hydrogen) atoms. The summed E-state index contributed by atoms with van der Waals surface area (Å²) in [4.78, 5) is 11.8. The highest BCUT2D eigenvalue weighted by Crippen LogP contribution is 2.21. The third-order valence-electron chi connectivity index (χ3n) is 3.34. The van der Waals surface area contributed by atoms with Crippen molar-refractivity contribution < 1.29 is 4.79 Å². The highest BCUT2D eigenvalue weighted by Gasteiger charge is 2.15. The van der Waals surface area contributed by atoms with Crippen LogP contribution in [0.1, 0.15) is 31.2 Å². The van der Waals surface area contributed by atoms with Crippen LogP contribution in [0, 0.1) is 6.92 Å². The maximum absolute atomic E-state index is 11.8. The minimum atomic E-state index is 0.0967. The molecular formula is C14H19BrN2O. The Morgan fingerprint density at radius 2 is 2.39 bits per heavy atom. The van der Waals surface area contributed by atoms with E-state index in [1.165, 1.54) is 18.4 Å². The van der Waals surface area contributed by atoms with Crippen molar-refractivity contribution in [3.8, 4) is 0 Å². The fraction of sp³-hybridized carbons (Fsp3) is 0.500. The van der Waals surface area contributed by atoms with Crippen LogP contribution in [0.15, 0.2) is 22.7 Å². The van der Waals surface area contributed by atoms with Crippen LogP contribution in [-0.4, -0.2) is 18.5 Å². The molecule has 1 aliphatic rings. The van der Waals surface area contributed by atoms with Crippen molar-refractivity contribution >= 4 is 27.5 Å². The highest BCUT2D eigenvalue weighted by atomic mass is 79.9. The molecule has 2 rings (SSSR count). The first-order valence-corrected chi connectivity index (χ1v) is 7.24. The molecule has 1 aromatic rings. The SMILES string of the molecule is Cc1ccc(NC(=O)CCC2CCCN2)cc1Br. The number of nitrogens with one attached hydrogen (secondary N) is 2. The Morgan fingerprint density at radius 1 is 1.56 bits per heavy atom. The van der Waals surface area contributed by atoms with Crippen molar-refractivity contribution in [3.63, 3.8) is 0 Å². The Bertz CT molecular complexity index is 428. The molecule has 0 spiro atoms. The first kappa shape index (κ1) is 13.6. The predicted molar refractivity (Wildman–Crippen MR) is 77.8 cm³/mol.